The molecule has 163 valence electrons. The quantitative estimate of drug-likeness (QED) is 0.357. The fourth-order valence-electron chi connectivity index (χ4n) is 1.24. The normalized spacial score (nSPS) is 9.59. The number of carbonyl (C=O) groups excluding carboxylic acids is 2. The summed E-state index contributed by atoms with van der Waals surface area (Å²) in [5.74, 6) is -2.17. The molecule has 13 heteroatoms. The van der Waals surface area contributed by atoms with Crippen molar-refractivity contribution in [3.05, 3.63) is 60.7 Å². The van der Waals surface area contributed by atoms with Gasteiger partial charge in [-0.3, -0.25) is 9.13 Å². The largest absolute Gasteiger partial charge is 2.00 e. The summed E-state index contributed by atoms with van der Waals surface area (Å²) in [6.45, 7) is 1.94. The summed E-state index contributed by atoms with van der Waals surface area (Å²) < 4.78 is 21.1. The third-order valence-corrected chi connectivity index (χ3v) is 4.13. The summed E-state index contributed by atoms with van der Waals surface area (Å²) in [6.07, 6.45) is 0. The van der Waals surface area contributed by atoms with Gasteiger partial charge in [0.1, 0.15) is 0 Å². The van der Waals surface area contributed by atoms with E-state index < -0.39 is 27.1 Å². The molecule has 4 N–H and O–H groups in total. The first-order valence-electron chi connectivity index (χ1n) is 7.25. The number of hydrogen-bond donors (Lipinski definition) is 4. The molecule has 2 aromatic carbocycles. The first-order valence-corrected chi connectivity index (χ1v) is 10.5. The van der Waals surface area contributed by atoms with Crippen LogP contribution in [0.25, 0.3) is 0 Å². The molecule has 0 amide bonds. The summed E-state index contributed by atoms with van der Waals surface area (Å²) in [4.78, 5) is 52.2. The molecule has 0 aliphatic carbocycles. The topological polar surface area (TPSA) is 195 Å². The smallest absolute Gasteiger partial charge is 0.550 e. The first kappa shape index (κ1) is 31.9. The fourth-order valence-corrected chi connectivity index (χ4v) is 2.37. The van der Waals surface area contributed by atoms with Crippen molar-refractivity contribution in [3.63, 3.8) is 0 Å². The van der Waals surface area contributed by atoms with Crippen molar-refractivity contribution >= 4 is 37.7 Å². The van der Waals surface area contributed by atoms with Gasteiger partial charge in [0.25, 0.3) is 0 Å². The third kappa shape index (κ3) is 22.3. The second kappa shape index (κ2) is 16.0. The van der Waals surface area contributed by atoms with E-state index in [1.807, 2.05) is 0 Å². The Kier molecular flexibility index (Phi) is 17.6. The van der Waals surface area contributed by atoms with Crippen molar-refractivity contribution < 1.29 is 65.3 Å². The molecule has 0 spiro atoms. The molecule has 0 atom stereocenters. The average molecular weight is 493 g/mol. The van der Waals surface area contributed by atoms with E-state index in [2.05, 4.69) is 0 Å². The van der Waals surface area contributed by atoms with Crippen LogP contribution in [0.3, 0.4) is 0 Å². The molecule has 2 rings (SSSR count). The summed E-state index contributed by atoms with van der Waals surface area (Å²) >= 11 is 0. The maximum atomic E-state index is 10.5. The van der Waals surface area contributed by atoms with Gasteiger partial charge in [-0.05, 0) is 38.1 Å². The van der Waals surface area contributed by atoms with Crippen molar-refractivity contribution in [2.24, 2.45) is 0 Å². The summed E-state index contributed by atoms with van der Waals surface area (Å²) in [6, 6.07) is 15.4. The van der Waals surface area contributed by atoms with E-state index in [1.54, 1.807) is 36.4 Å². The summed E-state index contributed by atoms with van der Waals surface area (Å²) in [5.41, 5.74) is 0. The fraction of sp³-hybridized carbons (Fsp3) is 0.125. The molecular weight excluding hydrogens is 473 g/mol. The van der Waals surface area contributed by atoms with Crippen LogP contribution in [0.15, 0.2) is 60.7 Å². The van der Waals surface area contributed by atoms with Gasteiger partial charge >= 0.3 is 32.0 Å². The van der Waals surface area contributed by atoms with Crippen LogP contribution in [0, 0.1) is 0 Å². The average Bonchev–Trinajstić information content (AvgIpc) is 2.54. The number of carbonyl (C=O) groups is 2. The molecule has 0 bridgehead atoms. The SMILES string of the molecule is CC(=O)[O-].CC(=O)[O-].O=P(O)(O)c1ccccc1.O=P(O)(O)c1ccccc1.[Co+2]. The second-order valence-corrected chi connectivity index (χ2v) is 7.95. The number of benzene rings is 2. The van der Waals surface area contributed by atoms with E-state index in [0.717, 1.165) is 13.8 Å². The van der Waals surface area contributed by atoms with Crippen LogP contribution >= 0.6 is 15.2 Å². The van der Waals surface area contributed by atoms with Gasteiger partial charge < -0.3 is 39.4 Å². The minimum absolute atomic E-state index is 0. The van der Waals surface area contributed by atoms with E-state index in [0.29, 0.717) is 0 Å². The zero-order valence-corrected chi connectivity index (χ0v) is 18.1. The maximum absolute atomic E-state index is 10.5. The molecule has 0 aliphatic rings. The number of aliphatic carboxylic acids is 2. The van der Waals surface area contributed by atoms with Crippen LogP contribution in [-0.4, -0.2) is 31.5 Å². The number of hydrogen-bond acceptors (Lipinski definition) is 6. The Morgan fingerprint density at radius 2 is 0.828 bits per heavy atom. The Bertz CT molecular complexity index is 725. The van der Waals surface area contributed by atoms with Gasteiger partial charge in [-0.1, -0.05) is 36.4 Å². The number of carboxylic acids is 2. The molecule has 1 radical (unpaired) electrons. The van der Waals surface area contributed by atoms with Crippen molar-refractivity contribution in [3.8, 4) is 0 Å². The summed E-state index contributed by atoms with van der Waals surface area (Å²) in [5, 5.41) is 17.9. The van der Waals surface area contributed by atoms with Gasteiger partial charge in [0.2, 0.25) is 0 Å². The molecule has 0 aliphatic heterocycles. The Balaban J connectivity index is -0.000000336. The van der Waals surface area contributed by atoms with Gasteiger partial charge in [0.15, 0.2) is 0 Å². The second-order valence-electron chi connectivity index (χ2n) is 4.74. The molecule has 0 fully saturated rings. The minimum Gasteiger partial charge on any atom is -0.550 e. The maximum Gasteiger partial charge on any atom is 2.00 e. The van der Waals surface area contributed by atoms with Crippen molar-refractivity contribution in [2.75, 3.05) is 0 Å². The van der Waals surface area contributed by atoms with Crippen LogP contribution in [-0.2, 0) is 35.5 Å². The van der Waals surface area contributed by atoms with E-state index in [1.165, 1.54) is 24.3 Å². The van der Waals surface area contributed by atoms with Crippen LogP contribution in [0.2, 0.25) is 0 Å². The van der Waals surface area contributed by atoms with E-state index in [9.17, 15) is 9.13 Å². The summed E-state index contributed by atoms with van der Waals surface area (Å²) in [7, 11) is -8.04. The van der Waals surface area contributed by atoms with Crippen LogP contribution < -0.4 is 20.8 Å². The number of rotatable bonds is 2. The number of carboxylic acid groups (broad SMARTS) is 2. The molecule has 29 heavy (non-hydrogen) atoms. The van der Waals surface area contributed by atoms with E-state index in [4.69, 9.17) is 39.4 Å². The standard InChI is InChI=1S/2C6H7O3P.2C2H4O2.Co/c2*7-10(8,9)6-4-2-1-3-5-6;2*1-2(3)4;/h2*1-5H,(H2,7,8,9);2*1H3,(H,3,4);/q;;;;+2/p-2. The molecule has 0 saturated heterocycles. The van der Waals surface area contributed by atoms with Crippen LogP contribution in [0.1, 0.15) is 13.8 Å². The Morgan fingerprint density at radius 3 is 0.931 bits per heavy atom. The predicted molar refractivity (Wildman–Crippen MR) is 97.6 cm³/mol. The van der Waals surface area contributed by atoms with E-state index >= 15 is 0 Å². The first-order chi connectivity index (χ1) is 12.7. The van der Waals surface area contributed by atoms with Gasteiger partial charge in [-0.2, -0.15) is 0 Å². The predicted octanol–water partition coefficient (Wildman–Crippen LogP) is -1.51. The molecular formula is C16H20CoO10P2. The van der Waals surface area contributed by atoms with Crippen LogP contribution in [0.4, 0.5) is 0 Å². The molecule has 0 heterocycles. The van der Waals surface area contributed by atoms with Gasteiger partial charge in [-0.25, -0.2) is 0 Å². The third-order valence-electron chi connectivity index (χ3n) is 2.19. The molecule has 0 saturated carbocycles. The zero-order valence-electron chi connectivity index (χ0n) is 15.2. The Hall–Kier alpha value is -1.81. The van der Waals surface area contributed by atoms with Crippen LogP contribution in [0.5, 0.6) is 0 Å². The van der Waals surface area contributed by atoms with Gasteiger partial charge in [-0.15, -0.1) is 0 Å². The Morgan fingerprint density at radius 1 is 0.655 bits per heavy atom. The Labute approximate surface area is 177 Å². The van der Waals surface area contributed by atoms with Crippen molar-refractivity contribution in [2.45, 2.75) is 13.8 Å². The van der Waals surface area contributed by atoms with E-state index in [-0.39, 0.29) is 27.4 Å². The van der Waals surface area contributed by atoms with Gasteiger partial charge in [0.05, 0.1) is 10.6 Å². The molecule has 10 nitrogen and oxygen atoms in total. The van der Waals surface area contributed by atoms with Gasteiger partial charge in [0, 0.05) is 11.9 Å². The molecule has 0 unspecified atom stereocenters. The molecule has 0 aromatic heterocycles. The molecule has 2 aromatic rings. The minimum atomic E-state index is -4.02. The monoisotopic (exact) mass is 493 g/mol. The van der Waals surface area contributed by atoms with Crippen molar-refractivity contribution in [1.82, 2.24) is 0 Å². The zero-order chi connectivity index (χ0) is 22.4. The van der Waals surface area contributed by atoms with Crippen molar-refractivity contribution in [1.29, 1.82) is 0 Å².